The minimum Gasteiger partial charge on any atom is -0.286 e. The van der Waals surface area contributed by atoms with Gasteiger partial charge in [-0.15, -0.1) is 0 Å². The molecule has 24 heavy (non-hydrogen) atoms. The number of imide groups is 1. The number of allylic oxidation sites excluding steroid dienone is 2. The molecule has 8 heteroatoms. The molecule has 1 aromatic carbocycles. The number of benzene rings is 1. The molecule has 0 saturated carbocycles. The summed E-state index contributed by atoms with van der Waals surface area (Å²) < 4.78 is 0. The van der Waals surface area contributed by atoms with Gasteiger partial charge in [0.2, 0.25) is 0 Å². The van der Waals surface area contributed by atoms with Crippen molar-refractivity contribution in [3.8, 4) is 0 Å². The number of carbonyl (C=O) groups is 4. The van der Waals surface area contributed by atoms with Crippen LogP contribution in [0.1, 0.15) is 34.6 Å². The molecule has 2 heterocycles. The predicted octanol–water partition coefficient (Wildman–Crippen LogP) is 2.12. The standard InChI is InChI=1S/C16H12Cl2N2O4/c1-7(2)10(13(18)21)19-12(17)11(16(19)24)20-14(22)8-5-3-4-6-9(8)15(20)23/h3-6,11-12H,1-2H3/t11-,12?/m1/s1. The molecule has 2 aliphatic heterocycles. The van der Waals surface area contributed by atoms with Gasteiger partial charge in [0.1, 0.15) is 11.2 Å². The van der Waals surface area contributed by atoms with Crippen LogP contribution in [0.15, 0.2) is 35.5 Å². The maximum atomic E-state index is 12.5. The van der Waals surface area contributed by atoms with E-state index in [0.29, 0.717) is 5.57 Å². The van der Waals surface area contributed by atoms with E-state index in [2.05, 4.69) is 0 Å². The largest absolute Gasteiger partial charge is 0.286 e. The van der Waals surface area contributed by atoms with Crippen molar-refractivity contribution in [2.24, 2.45) is 0 Å². The van der Waals surface area contributed by atoms with Gasteiger partial charge in [0.25, 0.3) is 23.0 Å². The van der Waals surface area contributed by atoms with Crippen molar-refractivity contribution in [3.63, 3.8) is 0 Å². The molecule has 2 aliphatic rings. The highest BCUT2D eigenvalue weighted by molar-refractivity contribution is 6.68. The molecule has 0 aromatic heterocycles. The molecule has 0 radical (unpaired) electrons. The molecular weight excluding hydrogens is 355 g/mol. The molecule has 2 atom stereocenters. The Morgan fingerprint density at radius 3 is 1.92 bits per heavy atom. The quantitative estimate of drug-likeness (QED) is 0.205. The number of likely N-dealkylation sites (tertiary alicyclic amines) is 1. The highest BCUT2D eigenvalue weighted by Gasteiger charge is 2.57. The zero-order valence-electron chi connectivity index (χ0n) is 12.7. The molecule has 0 spiro atoms. The summed E-state index contributed by atoms with van der Waals surface area (Å²) in [5.74, 6) is -1.76. The van der Waals surface area contributed by atoms with E-state index in [1.54, 1.807) is 26.0 Å². The lowest BCUT2D eigenvalue weighted by atomic mass is 10.0. The van der Waals surface area contributed by atoms with Gasteiger partial charge < -0.3 is 0 Å². The van der Waals surface area contributed by atoms with Crippen molar-refractivity contribution in [2.75, 3.05) is 0 Å². The Bertz CT molecular complexity index is 794. The number of fused-ring (bicyclic) bond motifs is 1. The number of hydrogen-bond donors (Lipinski definition) is 0. The van der Waals surface area contributed by atoms with Gasteiger partial charge in [0, 0.05) is 0 Å². The van der Waals surface area contributed by atoms with E-state index in [1.165, 1.54) is 12.1 Å². The number of hydrogen-bond acceptors (Lipinski definition) is 4. The first-order chi connectivity index (χ1) is 11.3. The fourth-order valence-electron chi connectivity index (χ4n) is 2.90. The van der Waals surface area contributed by atoms with Gasteiger partial charge in [0.15, 0.2) is 6.04 Å². The van der Waals surface area contributed by atoms with E-state index in [-0.39, 0.29) is 16.8 Å². The van der Waals surface area contributed by atoms with Gasteiger partial charge in [0.05, 0.1) is 11.1 Å². The second kappa shape index (κ2) is 5.72. The molecule has 1 saturated heterocycles. The van der Waals surface area contributed by atoms with Crippen LogP contribution in [0.4, 0.5) is 0 Å². The molecule has 0 aliphatic carbocycles. The highest BCUT2D eigenvalue weighted by Crippen LogP contribution is 2.37. The Kier molecular flexibility index (Phi) is 3.97. The van der Waals surface area contributed by atoms with E-state index in [0.717, 1.165) is 9.80 Å². The van der Waals surface area contributed by atoms with Crippen LogP contribution in [0.2, 0.25) is 0 Å². The molecule has 3 rings (SSSR count). The predicted molar refractivity (Wildman–Crippen MR) is 86.5 cm³/mol. The van der Waals surface area contributed by atoms with Crippen LogP contribution < -0.4 is 0 Å². The summed E-state index contributed by atoms with van der Waals surface area (Å²) in [5.41, 5.74) is -0.112. The molecular formula is C16H12Cl2N2O4. The number of alkyl halides is 1. The first-order valence-corrected chi connectivity index (χ1v) is 7.90. The van der Waals surface area contributed by atoms with E-state index in [4.69, 9.17) is 23.2 Å². The number of rotatable bonds is 3. The van der Waals surface area contributed by atoms with Gasteiger partial charge >= 0.3 is 0 Å². The Hall–Kier alpha value is -2.18. The van der Waals surface area contributed by atoms with Crippen LogP contribution in [0, 0.1) is 0 Å². The topological polar surface area (TPSA) is 74.8 Å². The molecule has 1 unspecified atom stereocenters. The number of halogens is 2. The van der Waals surface area contributed by atoms with Gasteiger partial charge in [-0.1, -0.05) is 23.7 Å². The molecule has 124 valence electrons. The van der Waals surface area contributed by atoms with Crippen molar-refractivity contribution in [3.05, 3.63) is 46.7 Å². The van der Waals surface area contributed by atoms with E-state index < -0.39 is 34.5 Å². The zero-order chi connectivity index (χ0) is 17.8. The van der Waals surface area contributed by atoms with Crippen LogP contribution >= 0.6 is 23.2 Å². The number of amides is 3. The van der Waals surface area contributed by atoms with Crippen LogP contribution in [0.25, 0.3) is 0 Å². The van der Waals surface area contributed by atoms with Gasteiger partial charge in [-0.3, -0.25) is 29.0 Å². The van der Waals surface area contributed by atoms with Crippen molar-refractivity contribution in [1.29, 1.82) is 0 Å². The molecule has 0 bridgehead atoms. The maximum Gasteiger partial charge on any atom is 0.268 e. The normalized spacial score (nSPS) is 22.4. The second-order valence-corrected chi connectivity index (χ2v) is 6.46. The molecule has 1 fully saturated rings. The summed E-state index contributed by atoms with van der Waals surface area (Å²) in [7, 11) is 0. The minimum atomic E-state index is -1.16. The third kappa shape index (κ3) is 2.17. The van der Waals surface area contributed by atoms with Crippen LogP contribution in [-0.4, -0.2) is 44.3 Å². The third-order valence-corrected chi connectivity index (χ3v) is 4.61. The first kappa shape index (κ1) is 16.7. The first-order valence-electron chi connectivity index (χ1n) is 7.08. The maximum absolute atomic E-state index is 12.5. The Morgan fingerprint density at radius 2 is 1.54 bits per heavy atom. The van der Waals surface area contributed by atoms with Crippen LogP contribution in [0.3, 0.4) is 0 Å². The zero-order valence-corrected chi connectivity index (χ0v) is 14.3. The average Bonchev–Trinajstić information content (AvgIpc) is 2.77. The summed E-state index contributed by atoms with van der Waals surface area (Å²) in [4.78, 5) is 50.8. The monoisotopic (exact) mass is 366 g/mol. The number of nitrogens with zero attached hydrogens (tertiary/aromatic N) is 2. The molecule has 6 nitrogen and oxygen atoms in total. The Morgan fingerprint density at radius 1 is 1.04 bits per heavy atom. The lowest BCUT2D eigenvalue weighted by molar-refractivity contribution is -0.148. The van der Waals surface area contributed by atoms with Crippen molar-refractivity contribution < 1.29 is 19.2 Å². The van der Waals surface area contributed by atoms with E-state index in [1.807, 2.05) is 0 Å². The van der Waals surface area contributed by atoms with Crippen LogP contribution in [0.5, 0.6) is 0 Å². The summed E-state index contributed by atoms with van der Waals surface area (Å²) in [6, 6.07) is 5.14. The highest BCUT2D eigenvalue weighted by atomic mass is 35.5. The number of carbonyl (C=O) groups excluding carboxylic acids is 4. The average molecular weight is 367 g/mol. The van der Waals surface area contributed by atoms with Crippen LogP contribution in [-0.2, 0) is 9.59 Å². The van der Waals surface area contributed by atoms with Gasteiger partial charge in [-0.05, 0) is 43.2 Å². The minimum absolute atomic E-state index is 0.0328. The van der Waals surface area contributed by atoms with Gasteiger partial charge in [-0.25, -0.2) is 0 Å². The summed E-state index contributed by atoms with van der Waals surface area (Å²) in [5, 5.41) is -0.824. The van der Waals surface area contributed by atoms with Crippen molar-refractivity contribution >= 4 is 46.2 Å². The fraction of sp³-hybridized carbons (Fsp3) is 0.250. The SMILES string of the molecule is CC(C)=C(C(=O)Cl)N1C(=O)[C@H](N2C(=O)c3ccccc3C2=O)C1Cl. The molecule has 3 amide bonds. The Balaban J connectivity index is 1.94. The summed E-state index contributed by atoms with van der Waals surface area (Å²) in [6.45, 7) is 3.23. The van der Waals surface area contributed by atoms with Gasteiger partial charge in [-0.2, -0.15) is 0 Å². The van der Waals surface area contributed by atoms with E-state index >= 15 is 0 Å². The van der Waals surface area contributed by atoms with Crippen molar-refractivity contribution in [2.45, 2.75) is 25.4 Å². The van der Waals surface area contributed by atoms with Crippen molar-refractivity contribution in [1.82, 2.24) is 9.80 Å². The summed E-state index contributed by atoms with van der Waals surface area (Å²) in [6.07, 6.45) is 0. The molecule has 1 aromatic rings. The lowest BCUT2D eigenvalue weighted by Crippen LogP contribution is -2.69. The fourth-order valence-corrected chi connectivity index (χ4v) is 3.59. The third-order valence-electron chi connectivity index (χ3n) is 4.00. The smallest absolute Gasteiger partial charge is 0.268 e. The lowest BCUT2D eigenvalue weighted by Gasteiger charge is -2.46. The van der Waals surface area contributed by atoms with E-state index in [9.17, 15) is 19.2 Å². The Labute approximate surface area is 147 Å². The second-order valence-electron chi connectivity index (χ2n) is 5.67. The molecule has 0 N–H and O–H groups in total. The number of β-lactam (4-membered cyclic amide) rings is 1. The summed E-state index contributed by atoms with van der Waals surface area (Å²) >= 11 is 11.7.